The molecule has 0 saturated carbocycles. The number of likely N-dealkylation sites (N-methyl/N-ethyl adjacent to an activating group) is 1. The van der Waals surface area contributed by atoms with Crippen LogP contribution in [0.15, 0.2) is 24.5 Å². The van der Waals surface area contributed by atoms with Gasteiger partial charge in [0.25, 0.3) is 0 Å². The maximum Gasteiger partial charge on any atom is 0.246 e. The third kappa shape index (κ3) is 1.90. The average molecular weight is 193 g/mol. The van der Waals surface area contributed by atoms with E-state index in [1.165, 1.54) is 0 Å². The van der Waals surface area contributed by atoms with Gasteiger partial charge in [0, 0.05) is 19.4 Å². The SMILES string of the molecule is CN(N)C(=O)C(C)(C)c1ccncc1. The number of nitrogens with two attached hydrogens (primary N) is 1. The van der Waals surface area contributed by atoms with Crippen molar-refractivity contribution in [3.63, 3.8) is 0 Å². The van der Waals surface area contributed by atoms with Gasteiger partial charge in [0.05, 0.1) is 5.41 Å². The predicted octanol–water partition coefficient (Wildman–Crippen LogP) is 0.691. The number of carbonyl (C=O) groups excluding carboxylic acids is 1. The third-order valence-corrected chi connectivity index (χ3v) is 2.26. The molecule has 4 nitrogen and oxygen atoms in total. The minimum absolute atomic E-state index is 0.122. The van der Waals surface area contributed by atoms with Gasteiger partial charge in [-0.2, -0.15) is 0 Å². The van der Waals surface area contributed by atoms with Crippen LogP contribution in [0.4, 0.5) is 0 Å². The smallest absolute Gasteiger partial charge is 0.246 e. The molecule has 0 aliphatic rings. The van der Waals surface area contributed by atoms with Crippen LogP contribution in [0, 0.1) is 0 Å². The summed E-state index contributed by atoms with van der Waals surface area (Å²) in [6.07, 6.45) is 3.34. The number of carbonyl (C=O) groups is 1. The Morgan fingerprint density at radius 2 is 1.93 bits per heavy atom. The van der Waals surface area contributed by atoms with E-state index in [0.717, 1.165) is 10.6 Å². The lowest BCUT2D eigenvalue weighted by Gasteiger charge is -2.26. The molecule has 0 aliphatic heterocycles. The average Bonchev–Trinajstić information content (AvgIpc) is 2.18. The first kappa shape index (κ1) is 10.7. The van der Waals surface area contributed by atoms with Crippen LogP contribution < -0.4 is 5.84 Å². The Bertz CT molecular complexity index is 319. The van der Waals surface area contributed by atoms with E-state index >= 15 is 0 Å². The summed E-state index contributed by atoms with van der Waals surface area (Å²) >= 11 is 0. The van der Waals surface area contributed by atoms with Crippen LogP contribution >= 0.6 is 0 Å². The zero-order valence-electron chi connectivity index (χ0n) is 8.69. The van der Waals surface area contributed by atoms with Crippen molar-refractivity contribution in [3.8, 4) is 0 Å². The van der Waals surface area contributed by atoms with E-state index < -0.39 is 5.41 Å². The molecule has 0 spiro atoms. The van der Waals surface area contributed by atoms with Crippen LogP contribution in [-0.2, 0) is 10.2 Å². The second-order valence-corrected chi connectivity index (χ2v) is 3.78. The standard InChI is InChI=1S/C10H15N3O/c1-10(2,9(14)13(3)11)8-4-6-12-7-5-8/h4-7H,11H2,1-3H3. The topological polar surface area (TPSA) is 59.2 Å². The number of rotatable bonds is 2. The van der Waals surface area contributed by atoms with Gasteiger partial charge in [-0.05, 0) is 31.5 Å². The summed E-state index contributed by atoms with van der Waals surface area (Å²) in [6.45, 7) is 3.68. The highest BCUT2D eigenvalue weighted by Gasteiger charge is 2.31. The van der Waals surface area contributed by atoms with Crippen molar-refractivity contribution >= 4 is 5.91 Å². The zero-order valence-corrected chi connectivity index (χ0v) is 8.69. The Morgan fingerprint density at radius 1 is 1.43 bits per heavy atom. The van der Waals surface area contributed by atoms with E-state index in [4.69, 9.17) is 5.84 Å². The number of nitrogens with zero attached hydrogens (tertiary/aromatic N) is 2. The molecule has 76 valence electrons. The van der Waals surface area contributed by atoms with Crippen LogP contribution in [0.25, 0.3) is 0 Å². The summed E-state index contributed by atoms with van der Waals surface area (Å²) in [5, 5.41) is 1.11. The molecule has 0 radical (unpaired) electrons. The maximum absolute atomic E-state index is 11.7. The molecule has 1 rings (SSSR count). The van der Waals surface area contributed by atoms with Crippen molar-refractivity contribution in [1.82, 2.24) is 9.99 Å². The molecular formula is C10H15N3O. The first-order valence-electron chi connectivity index (χ1n) is 4.39. The van der Waals surface area contributed by atoms with Crippen LogP contribution in [0.2, 0.25) is 0 Å². The van der Waals surface area contributed by atoms with Gasteiger partial charge in [-0.1, -0.05) is 0 Å². The summed E-state index contributed by atoms with van der Waals surface area (Å²) in [5.74, 6) is 5.31. The van der Waals surface area contributed by atoms with Crippen molar-refractivity contribution in [3.05, 3.63) is 30.1 Å². The van der Waals surface area contributed by atoms with Gasteiger partial charge in [0.1, 0.15) is 0 Å². The first-order chi connectivity index (χ1) is 6.46. The number of pyridine rings is 1. The van der Waals surface area contributed by atoms with Gasteiger partial charge in [0.2, 0.25) is 5.91 Å². The Kier molecular flexibility index (Phi) is 2.86. The third-order valence-electron chi connectivity index (χ3n) is 2.26. The van der Waals surface area contributed by atoms with Gasteiger partial charge in [-0.15, -0.1) is 0 Å². The molecule has 1 heterocycles. The molecule has 0 aromatic carbocycles. The summed E-state index contributed by atoms with van der Waals surface area (Å²) in [6, 6.07) is 3.64. The number of hydrogen-bond donors (Lipinski definition) is 1. The normalized spacial score (nSPS) is 11.1. The molecule has 0 fully saturated rings. The summed E-state index contributed by atoms with van der Waals surface area (Å²) in [7, 11) is 1.55. The number of hydrazine groups is 1. The molecule has 14 heavy (non-hydrogen) atoms. The van der Waals surface area contributed by atoms with Crippen molar-refractivity contribution in [1.29, 1.82) is 0 Å². The molecule has 0 aliphatic carbocycles. The molecule has 0 atom stereocenters. The van der Waals surface area contributed by atoms with E-state index in [2.05, 4.69) is 4.98 Å². The van der Waals surface area contributed by atoms with Crippen LogP contribution in [-0.4, -0.2) is 22.9 Å². The molecule has 1 amide bonds. The predicted molar refractivity (Wildman–Crippen MR) is 54.2 cm³/mol. The zero-order chi connectivity index (χ0) is 10.8. The molecule has 4 heteroatoms. The Hall–Kier alpha value is -1.42. The van der Waals surface area contributed by atoms with E-state index in [1.54, 1.807) is 19.4 Å². The fourth-order valence-corrected chi connectivity index (χ4v) is 1.33. The highest BCUT2D eigenvalue weighted by Crippen LogP contribution is 2.23. The number of hydrogen-bond acceptors (Lipinski definition) is 3. The second kappa shape index (κ2) is 3.75. The van der Waals surface area contributed by atoms with Crippen molar-refractivity contribution in [2.24, 2.45) is 5.84 Å². The van der Waals surface area contributed by atoms with Crippen LogP contribution in [0.3, 0.4) is 0 Å². The summed E-state index contributed by atoms with van der Waals surface area (Å²) in [4.78, 5) is 15.7. The van der Waals surface area contributed by atoms with Crippen molar-refractivity contribution < 1.29 is 4.79 Å². The van der Waals surface area contributed by atoms with Gasteiger partial charge < -0.3 is 0 Å². The molecule has 0 saturated heterocycles. The van der Waals surface area contributed by atoms with Gasteiger partial charge in [-0.25, -0.2) is 5.84 Å². The maximum atomic E-state index is 11.7. The Labute approximate surface area is 83.7 Å². The molecule has 0 bridgehead atoms. The second-order valence-electron chi connectivity index (χ2n) is 3.78. The summed E-state index contributed by atoms with van der Waals surface area (Å²) in [5.41, 5.74) is 0.307. The lowest BCUT2D eigenvalue weighted by Crippen LogP contribution is -2.44. The largest absolute Gasteiger partial charge is 0.283 e. The minimum Gasteiger partial charge on any atom is -0.283 e. The monoisotopic (exact) mass is 193 g/mol. The van der Waals surface area contributed by atoms with E-state index in [9.17, 15) is 4.79 Å². The van der Waals surface area contributed by atoms with Gasteiger partial charge >= 0.3 is 0 Å². The molecule has 1 aromatic heterocycles. The van der Waals surface area contributed by atoms with Gasteiger partial charge in [0.15, 0.2) is 0 Å². The molecule has 1 aromatic rings. The highest BCUT2D eigenvalue weighted by atomic mass is 16.2. The Morgan fingerprint density at radius 3 is 2.36 bits per heavy atom. The molecule has 2 N–H and O–H groups in total. The lowest BCUT2D eigenvalue weighted by atomic mass is 9.84. The quantitative estimate of drug-likeness (QED) is 0.427. The molecule has 0 unspecified atom stereocenters. The van der Waals surface area contributed by atoms with Crippen molar-refractivity contribution in [2.75, 3.05) is 7.05 Å². The molecular weight excluding hydrogens is 178 g/mol. The Balaban J connectivity index is 3.02. The minimum atomic E-state index is -0.605. The number of amides is 1. The van der Waals surface area contributed by atoms with E-state index in [0.29, 0.717) is 0 Å². The van der Waals surface area contributed by atoms with E-state index in [1.807, 2.05) is 26.0 Å². The fourth-order valence-electron chi connectivity index (χ4n) is 1.33. The van der Waals surface area contributed by atoms with Gasteiger partial charge in [-0.3, -0.25) is 14.8 Å². The first-order valence-corrected chi connectivity index (χ1v) is 4.39. The fraction of sp³-hybridized carbons (Fsp3) is 0.400. The number of aromatic nitrogens is 1. The van der Waals surface area contributed by atoms with Crippen molar-refractivity contribution in [2.45, 2.75) is 19.3 Å². The summed E-state index contributed by atoms with van der Waals surface area (Å²) < 4.78 is 0. The van der Waals surface area contributed by atoms with E-state index in [-0.39, 0.29) is 5.91 Å². The highest BCUT2D eigenvalue weighted by molar-refractivity contribution is 5.86. The van der Waals surface area contributed by atoms with Crippen LogP contribution in [0.5, 0.6) is 0 Å². The van der Waals surface area contributed by atoms with Crippen LogP contribution in [0.1, 0.15) is 19.4 Å². The lowest BCUT2D eigenvalue weighted by molar-refractivity contribution is -0.135.